The molecule has 0 unspecified atom stereocenters. The summed E-state index contributed by atoms with van der Waals surface area (Å²) in [5, 5.41) is 7.84. The Hall–Kier alpha value is -1.61. The molecule has 0 aliphatic carbocycles. The van der Waals surface area contributed by atoms with E-state index in [-0.39, 0.29) is 0 Å². The van der Waals surface area contributed by atoms with Gasteiger partial charge in [-0.1, -0.05) is 26.0 Å². The fourth-order valence-corrected chi connectivity index (χ4v) is 1.83. The second-order valence-electron chi connectivity index (χ2n) is 5.09. The van der Waals surface area contributed by atoms with Crippen LogP contribution in [-0.4, -0.2) is 16.3 Å². The fourth-order valence-electron chi connectivity index (χ4n) is 1.83. The lowest BCUT2D eigenvalue weighted by molar-refractivity contribution is 0.552. The van der Waals surface area contributed by atoms with Crippen LogP contribution in [0.4, 0.5) is 0 Å². The van der Waals surface area contributed by atoms with Crippen molar-refractivity contribution in [1.82, 2.24) is 15.1 Å². The number of benzene rings is 1. The lowest BCUT2D eigenvalue weighted by atomic mass is 10.2. The zero-order valence-electron chi connectivity index (χ0n) is 11.4. The van der Waals surface area contributed by atoms with Gasteiger partial charge in [0.1, 0.15) is 0 Å². The van der Waals surface area contributed by atoms with E-state index in [1.807, 2.05) is 23.9 Å². The average Bonchev–Trinajstić information content (AvgIpc) is 2.76. The summed E-state index contributed by atoms with van der Waals surface area (Å²) >= 11 is 0. The van der Waals surface area contributed by atoms with Crippen LogP contribution in [0.5, 0.6) is 0 Å². The molecule has 0 radical (unpaired) electrons. The summed E-state index contributed by atoms with van der Waals surface area (Å²) < 4.78 is 1.90. The molecule has 2 rings (SSSR count). The number of aromatic nitrogens is 2. The van der Waals surface area contributed by atoms with Crippen molar-refractivity contribution in [2.75, 3.05) is 6.54 Å². The molecular formula is C15H21N3. The molecule has 0 aliphatic rings. The Labute approximate surface area is 109 Å². The Morgan fingerprint density at radius 3 is 2.44 bits per heavy atom. The van der Waals surface area contributed by atoms with E-state index in [2.05, 4.69) is 48.5 Å². The van der Waals surface area contributed by atoms with Crippen molar-refractivity contribution in [3.05, 3.63) is 47.8 Å². The number of nitrogens with zero attached hydrogens (tertiary/aromatic N) is 2. The van der Waals surface area contributed by atoms with Crippen LogP contribution in [-0.2, 0) is 6.54 Å². The smallest absolute Gasteiger partial charge is 0.0645 e. The van der Waals surface area contributed by atoms with Gasteiger partial charge in [0.2, 0.25) is 0 Å². The van der Waals surface area contributed by atoms with E-state index in [4.69, 9.17) is 0 Å². The summed E-state index contributed by atoms with van der Waals surface area (Å²) in [5.41, 5.74) is 3.46. The first kappa shape index (κ1) is 12.8. The molecule has 0 fully saturated rings. The minimum atomic E-state index is 0.691. The van der Waals surface area contributed by atoms with Crippen molar-refractivity contribution in [3.8, 4) is 5.69 Å². The summed E-state index contributed by atoms with van der Waals surface area (Å²) in [6.07, 6.45) is 1.99. The zero-order valence-corrected chi connectivity index (χ0v) is 11.4. The van der Waals surface area contributed by atoms with Gasteiger partial charge in [-0.05, 0) is 43.1 Å². The molecule has 18 heavy (non-hydrogen) atoms. The van der Waals surface area contributed by atoms with Crippen LogP contribution in [0, 0.1) is 12.8 Å². The Balaban J connectivity index is 1.97. The standard InChI is InChI=1S/C15H21N3/c1-12(2)10-16-11-14-4-6-15(7-5-14)18-9-8-13(3)17-18/h4-9,12,16H,10-11H2,1-3H3. The highest BCUT2D eigenvalue weighted by molar-refractivity contribution is 5.34. The third-order valence-corrected chi connectivity index (χ3v) is 2.81. The van der Waals surface area contributed by atoms with Crippen LogP contribution in [0.15, 0.2) is 36.5 Å². The second-order valence-corrected chi connectivity index (χ2v) is 5.09. The summed E-state index contributed by atoms with van der Waals surface area (Å²) in [5.74, 6) is 0.691. The topological polar surface area (TPSA) is 29.9 Å². The molecular weight excluding hydrogens is 222 g/mol. The largest absolute Gasteiger partial charge is 0.312 e. The van der Waals surface area contributed by atoms with Crippen molar-refractivity contribution < 1.29 is 0 Å². The highest BCUT2D eigenvalue weighted by Gasteiger charge is 1.99. The molecule has 0 atom stereocenters. The molecule has 1 heterocycles. The predicted molar refractivity (Wildman–Crippen MR) is 74.8 cm³/mol. The molecule has 1 N–H and O–H groups in total. The maximum atomic E-state index is 4.40. The SMILES string of the molecule is Cc1ccn(-c2ccc(CNCC(C)C)cc2)n1. The molecule has 0 bridgehead atoms. The third-order valence-electron chi connectivity index (χ3n) is 2.81. The first-order valence-electron chi connectivity index (χ1n) is 6.47. The van der Waals surface area contributed by atoms with Crippen LogP contribution in [0.1, 0.15) is 25.1 Å². The highest BCUT2D eigenvalue weighted by atomic mass is 15.3. The summed E-state index contributed by atoms with van der Waals surface area (Å²) in [4.78, 5) is 0. The first-order valence-corrected chi connectivity index (χ1v) is 6.47. The second kappa shape index (κ2) is 5.83. The normalized spacial score (nSPS) is 11.1. The van der Waals surface area contributed by atoms with Gasteiger partial charge < -0.3 is 5.32 Å². The molecule has 3 nitrogen and oxygen atoms in total. The van der Waals surface area contributed by atoms with Crippen molar-refractivity contribution in [2.24, 2.45) is 5.92 Å². The fraction of sp³-hybridized carbons (Fsp3) is 0.400. The van der Waals surface area contributed by atoms with E-state index < -0.39 is 0 Å². The number of rotatable bonds is 5. The van der Waals surface area contributed by atoms with Crippen LogP contribution in [0.2, 0.25) is 0 Å². The predicted octanol–water partition coefficient (Wildman–Crippen LogP) is 2.93. The molecule has 3 heteroatoms. The van der Waals surface area contributed by atoms with E-state index in [9.17, 15) is 0 Å². The van der Waals surface area contributed by atoms with E-state index in [0.717, 1.165) is 24.5 Å². The summed E-state index contributed by atoms with van der Waals surface area (Å²) in [6.45, 7) is 8.42. The molecule has 1 aromatic carbocycles. The molecule has 0 spiro atoms. The molecule has 0 aliphatic heterocycles. The third kappa shape index (κ3) is 3.44. The average molecular weight is 243 g/mol. The van der Waals surface area contributed by atoms with Gasteiger partial charge in [-0.3, -0.25) is 0 Å². The number of aryl methyl sites for hydroxylation is 1. The molecule has 2 aromatic rings. The van der Waals surface area contributed by atoms with Crippen LogP contribution < -0.4 is 5.32 Å². The van der Waals surface area contributed by atoms with Crippen LogP contribution >= 0.6 is 0 Å². The van der Waals surface area contributed by atoms with Crippen molar-refractivity contribution in [2.45, 2.75) is 27.3 Å². The Kier molecular flexibility index (Phi) is 4.15. The lowest BCUT2D eigenvalue weighted by Crippen LogP contribution is -2.18. The van der Waals surface area contributed by atoms with Crippen molar-refractivity contribution in [1.29, 1.82) is 0 Å². The maximum Gasteiger partial charge on any atom is 0.0645 e. The highest BCUT2D eigenvalue weighted by Crippen LogP contribution is 2.09. The Morgan fingerprint density at radius 2 is 1.89 bits per heavy atom. The molecule has 1 aromatic heterocycles. The zero-order chi connectivity index (χ0) is 13.0. The molecule has 0 saturated carbocycles. The minimum absolute atomic E-state index is 0.691. The monoisotopic (exact) mass is 243 g/mol. The lowest BCUT2D eigenvalue weighted by Gasteiger charge is -2.08. The Morgan fingerprint density at radius 1 is 1.17 bits per heavy atom. The van der Waals surface area contributed by atoms with Crippen LogP contribution in [0.25, 0.3) is 5.69 Å². The van der Waals surface area contributed by atoms with Crippen molar-refractivity contribution >= 4 is 0 Å². The van der Waals surface area contributed by atoms with Gasteiger partial charge in [0.25, 0.3) is 0 Å². The maximum absolute atomic E-state index is 4.40. The Bertz CT molecular complexity index is 483. The summed E-state index contributed by atoms with van der Waals surface area (Å²) in [7, 11) is 0. The van der Waals surface area contributed by atoms with E-state index in [1.165, 1.54) is 5.56 Å². The van der Waals surface area contributed by atoms with E-state index in [0.29, 0.717) is 5.92 Å². The number of hydrogen-bond acceptors (Lipinski definition) is 2. The van der Waals surface area contributed by atoms with Gasteiger partial charge >= 0.3 is 0 Å². The van der Waals surface area contributed by atoms with Crippen molar-refractivity contribution in [3.63, 3.8) is 0 Å². The van der Waals surface area contributed by atoms with Gasteiger partial charge in [-0.2, -0.15) is 5.10 Å². The van der Waals surface area contributed by atoms with Crippen LogP contribution in [0.3, 0.4) is 0 Å². The van der Waals surface area contributed by atoms with Gasteiger partial charge in [-0.25, -0.2) is 4.68 Å². The van der Waals surface area contributed by atoms with Gasteiger partial charge in [0.05, 0.1) is 11.4 Å². The molecule has 0 saturated heterocycles. The van der Waals surface area contributed by atoms with E-state index >= 15 is 0 Å². The van der Waals surface area contributed by atoms with Gasteiger partial charge in [-0.15, -0.1) is 0 Å². The first-order chi connectivity index (χ1) is 8.65. The van der Waals surface area contributed by atoms with E-state index in [1.54, 1.807) is 0 Å². The van der Waals surface area contributed by atoms with Gasteiger partial charge in [0.15, 0.2) is 0 Å². The summed E-state index contributed by atoms with van der Waals surface area (Å²) in [6, 6.07) is 10.5. The quantitative estimate of drug-likeness (QED) is 0.875. The minimum Gasteiger partial charge on any atom is -0.312 e. The molecule has 0 amide bonds. The number of hydrogen-bond donors (Lipinski definition) is 1. The molecule has 96 valence electrons. The van der Waals surface area contributed by atoms with Gasteiger partial charge in [0, 0.05) is 12.7 Å². The number of nitrogens with one attached hydrogen (secondary N) is 1.